The lowest BCUT2D eigenvalue weighted by Gasteiger charge is -2.15. The molecule has 1 atom stereocenters. The van der Waals surface area contributed by atoms with Gasteiger partial charge >= 0.3 is 0 Å². The van der Waals surface area contributed by atoms with E-state index in [-0.39, 0.29) is 17.9 Å². The summed E-state index contributed by atoms with van der Waals surface area (Å²) >= 11 is 6.54. The van der Waals surface area contributed by atoms with E-state index in [9.17, 15) is 9.59 Å². The molecular weight excluding hydrogens is 356 g/mol. The molecular formula is C18H20N2O3S2. The molecule has 1 aromatic heterocycles. The first-order valence-corrected chi connectivity index (χ1v) is 9.69. The van der Waals surface area contributed by atoms with Gasteiger partial charge in [0.1, 0.15) is 15.7 Å². The first kappa shape index (κ1) is 17.9. The van der Waals surface area contributed by atoms with Crippen LogP contribution in [0.1, 0.15) is 38.0 Å². The van der Waals surface area contributed by atoms with Gasteiger partial charge in [0.2, 0.25) is 11.8 Å². The Morgan fingerprint density at radius 3 is 2.92 bits per heavy atom. The lowest BCUT2D eigenvalue weighted by molar-refractivity contribution is -0.124. The van der Waals surface area contributed by atoms with Crippen molar-refractivity contribution in [2.75, 3.05) is 12.3 Å². The number of amides is 2. The van der Waals surface area contributed by atoms with Crippen LogP contribution in [-0.2, 0) is 9.59 Å². The largest absolute Gasteiger partial charge is 0.459 e. The molecule has 0 radical (unpaired) electrons. The average Bonchev–Trinajstić information content (AvgIpc) is 3.16. The van der Waals surface area contributed by atoms with Crippen LogP contribution in [0.5, 0.6) is 0 Å². The minimum absolute atomic E-state index is 0.0161. The minimum Gasteiger partial charge on any atom is -0.459 e. The Hall–Kier alpha value is -1.86. The highest BCUT2D eigenvalue weighted by Gasteiger charge is 2.25. The van der Waals surface area contributed by atoms with Gasteiger partial charge in [-0.15, -0.1) is 0 Å². The monoisotopic (exact) mass is 376 g/mol. The maximum atomic E-state index is 12.1. The quantitative estimate of drug-likeness (QED) is 0.590. The number of furan rings is 1. The lowest BCUT2D eigenvalue weighted by atomic mass is 10.2. The molecule has 0 spiro atoms. The molecule has 1 fully saturated rings. The first-order chi connectivity index (χ1) is 12.0. The molecule has 7 heteroatoms. The van der Waals surface area contributed by atoms with E-state index in [1.54, 1.807) is 4.90 Å². The van der Waals surface area contributed by atoms with Crippen LogP contribution in [0, 0.1) is 0 Å². The van der Waals surface area contributed by atoms with Gasteiger partial charge in [-0.25, -0.2) is 0 Å². The molecule has 1 aliphatic rings. The minimum atomic E-state index is -0.177. The Morgan fingerprint density at radius 2 is 2.20 bits per heavy atom. The van der Waals surface area contributed by atoms with E-state index in [0.29, 0.717) is 23.0 Å². The third-order valence-corrected chi connectivity index (χ3v) is 5.56. The van der Waals surface area contributed by atoms with E-state index in [1.807, 2.05) is 37.3 Å². The zero-order valence-electron chi connectivity index (χ0n) is 14.0. The van der Waals surface area contributed by atoms with E-state index in [0.717, 1.165) is 29.6 Å². The fraction of sp³-hybridized carbons (Fsp3) is 0.389. The van der Waals surface area contributed by atoms with Crippen LogP contribution in [0.4, 0.5) is 0 Å². The zero-order valence-corrected chi connectivity index (χ0v) is 15.6. The number of carbonyl (C=O) groups excluding carboxylic acids is 2. The first-order valence-electron chi connectivity index (χ1n) is 8.29. The summed E-state index contributed by atoms with van der Waals surface area (Å²) in [5.41, 5.74) is 0.822. The molecule has 2 heterocycles. The summed E-state index contributed by atoms with van der Waals surface area (Å²) in [5.74, 6) is 1.24. The number of hydrogen-bond acceptors (Lipinski definition) is 5. The highest BCUT2D eigenvalue weighted by Crippen LogP contribution is 2.24. The number of unbranched alkanes of at least 4 members (excludes halogenated alkanes) is 1. The van der Waals surface area contributed by atoms with Crippen LogP contribution in [0.25, 0.3) is 11.0 Å². The topological polar surface area (TPSA) is 62.6 Å². The van der Waals surface area contributed by atoms with Crippen LogP contribution in [0.15, 0.2) is 34.7 Å². The molecule has 5 nitrogen and oxygen atoms in total. The number of benzene rings is 1. The van der Waals surface area contributed by atoms with Gasteiger partial charge in [-0.3, -0.25) is 14.5 Å². The van der Waals surface area contributed by atoms with Crippen LogP contribution in [-0.4, -0.2) is 33.3 Å². The molecule has 1 saturated heterocycles. The summed E-state index contributed by atoms with van der Waals surface area (Å²) in [7, 11) is 0. The Bertz CT molecular complexity index is 753. The van der Waals surface area contributed by atoms with Crippen molar-refractivity contribution in [2.45, 2.75) is 32.2 Å². The summed E-state index contributed by atoms with van der Waals surface area (Å²) in [4.78, 5) is 25.4. The normalized spacial score (nSPS) is 15.8. The second-order valence-corrected chi connectivity index (χ2v) is 7.64. The third kappa shape index (κ3) is 4.41. The Labute approximate surface area is 156 Å². The van der Waals surface area contributed by atoms with E-state index >= 15 is 0 Å². The second kappa shape index (κ2) is 8.01. The van der Waals surface area contributed by atoms with Gasteiger partial charge in [-0.05, 0) is 31.9 Å². The van der Waals surface area contributed by atoms with Crippen LogP contribution >= 0.6 is 24.0 Å². The van der Waals surface area contributed by atoms with Crippen LogP contribution < -0.4 is 5.32 Å². The van der Waals surface area contributed by atoms with Crippen molar-refractivity contribution in [1.82, 2.24) is 10.2 Å². The number of fused-ring (bicyclic) bond motifs is 1. The molecule has 0 bridgehead atoms. The van der Waals surface area contributed by atoms with Crippen molar-refractivity contribution in [3.8, 4) is 0 Å². The van der Waals surface area contributed by atoms with E-state index < -0.39 is 0 Å². The highest BCUT2D eigenvalue weighted by atomic mass is 32.2. The third-order valence-electron chi connectivity index (χ3n) is 4.12. The number of thioether (sulfide) groups is 1. The SMILES string of the molecule is C[C@@H](NC(=O)CCCCN1C(=O)CSC1=S)c1cc2ccccc2o1. The van der Waals surface area contributed by atoms with E-state index in [2.05, 4.69) is 5.32 Å². The fourth-order valence-corrected chi connectivity index (χ4v) is 3.87. The zero-order chi connectivity index (χ0) is 17.8. The summed E-state index contributed by atoms with van der Waals surface area (Å²) in [5, 5.41) is 3.99. The number of hydrogen-bond donors (Lipinski definition) is 1. The van der Waals surface area contributed by atoms with Crippen molar-refractivity contribution >= 4 is 51.1 Å². The maximum Gasteiger partial charge on any atom is 0.238 e. The predicted octanol–water partition coefficient (Wildman–Crippen LogP) is 3.64. The molecule has 25 heavy (non-hydrogen) atoms. The molecule has 1 aromatic carbocycles. The van der Waals surface area contributed by atoms with Gasteiger partial charge in [0, 0.05) is 18.4 Å². The van der Waals surface area contributed by atoms with Crippen molar-refractivity contribution in [3.05, 3.63) is 36.1 Å². The van der Waals surface area contributed by atoms with Gasteiger partial charge in [-0.1, -0.05) is 42.2 Å². The van der Waals surface area contributed by atoms with Crippen molar-refractivity contribution in [3.63, 3.8) is 0 Å². The smallest absolute Gasteiger partial charge is 0.238 e. The van der Waals surface area contributed by atoms with Gasteiger partial charge in [-0.2, -0.15) is 0 Å². The number of thiocarbonyl (C=S) groups is 1. The highest BCUT2D eigenvalue weighted by molar-refractivity contribution is 8.23. The molecule has 2 amide bonds. The standard InChI is InChI=1S/C18H20N2O3S2/c1-12(15-10-13-6-2-3-7-14(13)23-15)19-16(21)8-4-5-9-20-17(22)11-25-18(20)24/h2-3,6-7,10,12H,4-5,8-9,11H2,1H3,(H,19,21)/t12-/m1/s1. The predicted molar refractivity (Wildman–Crippen MR) is 103 cm³/mol. The molecule has 0 saturated carbocycles. The van der Waals surface area contributed by atoms with Gasteiger partial charge < -0.3 is 9.73 Å². The van der Waals surface area contributed by atoms with Crippen molar-refractivity contribution < 1.29 is 14.0 Å². The fourth-order valence-electron chi connectivity index (χ4n) is 2.75. The van der Waals surface area contributed by atoms with E-state index in [4.69, 9.17) is 16.6 Å². The molecule has 2 aromatic rings. The lowest BCUT2D eigenvalue weighted by Crippen LogP contribution is -2.30. The summed E-state index contributed by atoms with van der Waals surface area (Å²) in [6.07, 6.45) is 1.90. The number of nitrogens with one attached hydrogen (secondary N) is 1. The Balaban J connectivity index is 1.42. The molecule has 0 unspecified atom stereocenters. The van der Waals surface area contributed by atoms with Crippen molar-refractivity contribution in [2.24, 2.45) is 0 Å². The van der Waals surface area contributed by atoms with Crippen molar-refractivity contribution in [1.29, 1.82) is 0 Å². The Morgan fingerprint density at radius 1 is 1.40 bits per heavy atom. The summed E-state index contributed by atoms with van der Waals surface area (Å²) < 4.78 is 6.42. The summed E-state index contributed by atoms with van der Waals surface area (Å²) in [6.45, 7) is 2.51. The number of rotatable bonds is 7. The van der Waals surface area contributed by atoms with Gasteiger partial charge in [0.25, 0.3) is 0 Å². The number of nitrogens with zero attached hydrogens (tertiary/aromatic N) is 1. The van der Waals surface area contributed by atoms with Crippen LogP contribution in [0.3, 0.4) is 0 Å². The molecule has 132 valence electrons. The van der Waals surface area contributed by atoms with E-state index in [1.165, 1.54) is 11.8 Å². The molecule has 0 aliphatic carbocycles. The number of carbonyl (C=O) groups is 2. The van der Waals surface area contributed by atoms with Crippen LogP contribution in [0.2, 0.25) is 0 Å². The molecule has 3 rings (SSSR count). The Kier molecular flexibility index (Phi) is 5.75. The second-order valence-electron chi connectivity index (χ2n) is 6.03. The average molecular weight is 377 g/mol. The number of para-hydroxylation sites is 1. The molecule has 1 N–H and O–H groups in total. The maximum absolute atomic E-state index is 12.1. The summed E-state index contributed by atoms with van der Waals surface area (Å²) in [6, 6.07) is 9.56. The van der Waals surface area contributed by atoms with Gasteiger partial charge in [0.05, 0.1) is 11.8 Å². The van der Waals surface area contributed by atoms with Gasteiger partial charge in [0.15, 0.2) is 0 Å². The molecule has 1 aliphatic heterocycles.